The van der Waals surface area contributed by atoms with Gasteiger partial charge in [-0.3, -0.25) is 4.79 Å². The normalized spacial score (nSPS) is 10.4. The molecule has 0 aliphatic heterocycles. The summed E-state index contributed by atoms with van der Waals surface area (Å²) in [6, 6.07) is 8.61. The van der Waals surface area contributed by atoms with Crippen molar-refractivity contribution in [2.45, 2.75) is 20.3 Å². The number of hydrogen-bond donors (Lipinski definition) is 1. The van der Waals surface area contributed by atoms with E-state index in [2.05, 4.69) is 10.3 Å². The maximum Gasteiger partial charge on any atom is 0.255 e. The van der Waals surface area contributed by atoms with Crippen molar-refractivity contribution in [3.8, 4) is 0 Å². The van der Waals surface area contributed by atoms with Gasteiger partial charge in [-0.25, -0.2) is 4.98 Å². The van der Waals surface area contributed by atoms with Crippen LogP contribution in [-0.2, 0) is 6.42 Å². The van der Waals surface area contributed by atoms with Gasteiger partial charge in [0.05, 0.1) is 0 Å². The molecule has 0 saturated heterocycles. The first-order valence-corrected chi connectivity index (χ1v) is 6.99. The van der Waals surface area contributed by atoms with Crippen molar-refractivity contribution >= 4 is 34.8 Å². The molecule has 1 aromatic carbocycles. The second-order valence-corrected chi connectivity index (χ2v) is 5.26. The number of halogens is 2. The van der Waals surface area contributed by atoms with Gasteiger partial charge in [-0.15, -0.1) is 0 Å². The molecule has 0 atom stereocenters. The summed E-state index contributed by atoms with van der Waals surface area (Å²) < 4.78 is 0. The van der Waals surface area contributed by atoms with E-state index < -0.39 is 0 Å². The van der Waals surface area contributed by atoms with Gasteiger partial charge in [-0.05, 0) is 49.2 Å². The smallest absolute Gasteiger partial charge is 0.255 e. The molecule has 20 heavy (non-hydrogen) atoms. The maximum absolute atomic E-state index is 12.2. The first-order chi connectivity index (χ1) is 9.49. The molecule has 0 bridgehead atoms. The van der Waals surface area contributed by atoms with Gasteiger partial charge >= 0.3 is 0 Å². The lowest BCUT2D eigenvalue weighted by Gasteiger charge is -2.09. The number of anilines is 1. The molecule has 5 heteroatoms. The van der Waals surface area contributed by atoms with Crippen LogP contribution in [-0.4, -0.2) is 10.9 Å². The van der Waals surface area contributed by atoms with E-state index >= 15 is 0 Å². The van der Waals surface area contributed by atoms with E-state index in [9.17, 15) is 4.79 Å². The van der Waals surface area contributed by atoms with Crippen LogP contribution in [0.3, 0.4) is 0 Å². The number of rotatable bonds is 3. The third-order valence-electron chi connectivity index (χ3n) is 2.91. The SMILES string of the molecule is CCc1cc(C(=O)Nc2ccc(Cl)cc2C)cc(Cl)n1. The average Bonchev–Trinajstić information content (AvgIpc) is 2.41. The number of amides is 1. The number of carbonyl (C=O) groups is 1. The van der Waals surface area contributed by atoms with E-state index in [1.165, 1.54) is 0 Å². The van der Waals surface area contributed by atoms with E-state index in [0.29, 0.717) is 15.7 Å². The van der Waals surface area contributed by atoms with Crippen molar-refractivity contribution in [3.05, 3.63) is 57.3 Å². The molecule has 1 N–H and O–H groups in total. The minimum Gasteiger partial charge on any atom is -0.322 e. The number of aromatic nitrogens is 1. The molecule has 0 radical (unpaired) electrons. The maximum atomic E-state index is 12.2. The standard InChI is InChI=1S/C15H14Cl2N2O/c1-3-12-7-10(8-14(17)18-12)15(20)19-13-5-4-11(16)6-9(13)2/h4-8H,3H2,1-2H3,(H,19,20). The quantitative estimate of drug-likeness (QED) is 0.848. The lowest BCUT2D eigenvalue weighted by atomic mass is 10.1. The predicted octanol–water partition coefficient (Wildman–Crippen LogP) is 4.51. The highest BCUT2D eigenvalue weighted by Crippen LogP contribution is 2.21. The number of carbonyl (C=O) groups excluding carboxylic acids is 1. The van der Waals surface area contributed by atoms with Crippen LogP contribution in [0.1, 0.15) is 28.5 Å². The summed E-state index contributed by atoms with van der Waals surface area (Å²) in [6.07, 6.45) is 0.723. The number of pyridine rings is 1. The van der Waals surface area contributed by atoms with Crippen molar-refractivity contribution in [1.82, 2.24) is 4.98 Å². The fraction of sp³-hybridized carbons (Fsp3) is 0.200. The third-order valence-corrected chi connectivity index (χ3v) is 3.34. The molecule has 104 valence electrons. The number of aryl methyl sites for hydroxylation is 2. The van der Waals surface area contributed by atoms with Gasteiger partial charge in [0, 0.05) is 22.0 Å². The Labute approximate surface area is 127 Å². The Morgan fingerprint density at radius 2 is 2.00 bits per heavy atom. The van der Waals surface area contributed by atoms with Gasteiger partial charge < -0.3 is 5.32 Å². The Hall–Kier alpha value is -1.58. The van der Waals surface area contributed by atoms with Crippen LogP contribution in [0.2, 0.25) is 10.2 Å². The average molecular weight is 309 g/mol. The number of nitrogens with zero attached hydrogens (tertiary/aromatic N) is 1. The predicted molar refractivity (Wildman–Crippen MR) is 82.8 cm³/mol. The Bertz CT molecular complexity index is 656. The topological polar surface area (TPSA) is 42.0 Å². The van der Waals surface area contributed by atoms with E-state index in [1.54, 1.807) is 30.3 Å². The molecular weight excluding hydrogens is 295 g/mol. The molecule has 1 aromatic heterocycles. The summed E-state index contributed by atoms with van der Waals surface area (Å²) in [5, 5.41) is 3.81. The second-order valence-electron chi connectivity index (χ2n) is 4.44. The van der Waals surface area contributed by atoms with Gasteiger partial charge in [-0.2, -0.15) is 0 Å². The van der Waals surface area contributed by atoms with Crippen LogP contribution in [0.25, 0.3) is 0 Å². The van der Waals surface area contributed by atoms with Gasteiger partial charge in [0.15, 0.2) is 0 Å². The molecule has 3 nitrogen and oxygen atoms in total. The minimum absolute atomic E-state index is 0.213. The Kier molecular flexibility index (Phi) is 4.63. The van der Waals surface area contributed by atoms with Crippen molar-refractivity contribution < 1.29 is 4.79 Å². The summed E-state index contributed by atoms with van der Waals surface area (Å²) in [5.74, 6) is -0.213. The molecule has 0 aliphatic rings. The first-order valence-electron chi connectivity index (χ1n) is 6.23. The zero-order valence-corrected chi connectivity index (χ0v) is 12.7. The van der Waals surface area contributed by atoms with E-state index in [0.717, 1.165) is 23.4 Å². The zero-order valence-electron chi connectivity index (χ0n) is 11.2. The Balaban J connectivity index is 2.26. The van der Waals surface area contributed by atoms with Crippen molar-refractivity contribution in [2.24, 2.45) is 0 Å². The fourth-order valence-corrected chi connectivity index (χ4v) is 2.28. The first kappa shape index (κ1) is 14.8. The van der Waals surface area contributed by atoms with Gasteiger partial charge in [0.25, 0.3) is 5.91 Å². The molecule has 0 unspecified atom stereocenters. The number of benzene rings is 1. The molecule has 0 spiro atoms. The second kappa shape index (κ2) is 6.25. The number of hydrogen-bond acceptors (Lipinski definition) is 2. The van der Waals surface area contributed by atoms with E-state index in [4.69, 9.17) is 23.2 Å². The van der Waals surface area contributed by atoms with Crippen molar-refractivity contribution in [3.63, 3.8) is 0 Å². The van der Waals surface area contributed by atoms with Crippen LogP contribution in [0.15, 0.2) is 30.3 Å². The highest BCUT2D eigenvalue weighted by Gasteiger charge is 2.10. The van der Waals surface area contributed by atoms with Crippen LogP contribution in [0.5, 0.6) is 0 Å². The Morgan fingerprint density at radius 1 is 1.25 bits per heavy atom. The number of nitrogens with one attached hydrogen (secondary N) is 1. The lowest BCUT2D eigenvalue weighted by Crippen LogP contribution is -2.13. The Morgan fingerprint density at radius 3 is 2.65 bits per heavy atom. The van der Waals surface area contributed by atoms with Crippen LogP contribution in [0, 0.1) is 6.92 Å². The van der Waals surface area contributed by atoms with E-state index in [-0.39, 0.29) is 5.91 Å². The molecule has 0 fully saturated rings. The van der Waals surface area contributed by atoms with Crippen molar-refractivity contribution in [2.75, 3.05) is 5.32 Å². The largest absolute Gasteiger partial charge is 0.322 e. The van der Waals surface area contributed by atoms with Crippen molar-refractivity contribution in [1.29, 1.82) is 0 Å². The minimum atomic E-state index is -0.213. The summed E-state index contributed by atoms with van der Waals surface area (Å²) in [5.41, 5.74) is 2.92. The van der Waals surface area contributed by atoms with E-state index in [1.807, 2.05) is 13.8 Å². The molecule has 2 rings (SSSR count). The molecule has 2 aromatic rings. The molecule has 1 heterocycles. The summed E-state index contributed by atoms with van der Waals surface area (Å²) in [6.45, 7) is 3.85. The fourth-order valence-electron chi connectivity index (χ4n) is 1.83. The molecule has 1 amide bonds. The van der Waals surface area contributed by atoms with Gasteiger partial charge in [0.1, 0.15) is 5.15 Å². The molecule has 0 saturated carbocycles. The van der Waals surface area contributed by atoms with Gasteiger partial charge in [0.2, 0.25) is 0 Å². The highest BCUT2D eigenvalue weighted by atomic mass is 35.5. The van der Waals surface area contributed by atoms with Crippen LogP contribution in [0.4, 0.5) is 5.69 Å². The van der Waals surface area contributed by atoms with Gasteiger partial charge in [-0.1, -0.05) is 30.1 Å². The summed E-state index contributed by atoms with van der Waals surface area (Å²) in [7, 11) is 0. The van der Waals surface area contributed by atoms with Crippen LogP contribution >= 0.6 is 23.2 Å². The molecule has 0 aliphatic carbocycles. The summed E-state index contributed by atoms with van der Waals surface area (Å²) >= 11 is 11.8. The lowest BCUT2D eigenvalue weighted by molar-refractivity contribution is 0.102. The highest BCUT2D eigenvalue weighted by molar-refractivity contribution is 6.31. The summed E-state index contributed by atoms with van der Waals surface area (Å²) in [4.78, 5) is 16.4. The monoisotopic (exact) mass is 308 g/mol. The molecular formula is C15H14Cl2N2O. The third kappa shape index (κ3) is 3.50. The van der Waals surface area contributed by atoms with Crippen LogP contribution < -0.4 is 5.32 Å². The zero-order chi connectivity index (χ0) is 14.7.